The Labute approximate surface area is 181 Å². The van der Waals surface area contributed by atoms with Crippen LogP contribution in [0.1, 0.15) is 78.9 Å². The summed E-state index contributed by atoms with van der Waals surface area (Å²) in [5, 5.41) is 11.9. The molecule has 1 aromatic rings. The molecule has 0 heterocycles. The van der Waals surface area contributed by atoms with E-state index < -0.39 is 11.6 Å². The molecule has 166 valence electrons. The lowest BCUT2D eigenvalue weighted by molar-refractivity contribution is -1.08. The number of rotatable bonds is 11. The highest BCUT2D eigenvalue weighted by Gasteiger charge is 2.51. The molecule has 3 atom stereocenters. The zero-order chi connectivity index (χ0) is 22.9. The lowest BCUT2D eigenvalue weighted by Gasteiger charge is -2.43. The van der Waals surface area contributed by atoms with Gasteiger partial charge in [-0.15, -0.1) is 4.65 Å². The number of hydrogen-bond donors (Lipinski definition) is 1. The summed E-state index contributed by atoms with van der Waals surface area (Å²) in [6, 6.07) is 8.38. The van der Waals surface area contributed by atoms with E-state index in [0.29, 0.717) is 18.5 Å². The van der Waals surface area contributed by atoms with Gasteiger partial charge in [0.2, 0.25) is 6.04 Å². The molecule has 0 aliphatic carbocycles. The second-order valence-electron chi connectivity index (χ2n) is 9.38. The van der Waals surface area contributed by atoms with Gasteiger partial charge in [-0.2, -0.15) is 10.1 Å². The van der Waals surface area contributed by atoms with E-state index in [1.807, 2.05) is 53.7 Å². The third-order valence-electron chi connectivity index (χ3n) is 5.03. The van der Waals surface area contributed by atoms with E-state index in [2.05, 4.69) is 18.3 Å². The third kappa shape index (κ3) is 7.23. The van der Waals surface area contributed by atoms with Crippen LogP contribution in [0.4, 0.5) is 0 Å². The molecule has 0 bridgehead atoms. The number of nitriles is 1. The van der Waals surface area contributed by atoms with Gasteiger partial charge in [0.25, 0.3) is 5.91 Å². The summed E-state index contributed by atoms with van der Waals surface area (Å²) in [4.78, 5) is 32.2. The van der Waals surface area contributed by atoms with Crippen molar-refractivity contribution in [1.29, 1.82) is 5.26 Å². The zero-order valence-corrected chi connectivity index (χ0v) is 19.6. The van der Waals surface area contributed by atoms with Gasteiger partial charge in [-0.1, -0.05) is 39.3 Å². The van der Waals surface area contributed by atoms with Crippen LogP contribution in [0.15, 0.2) is 24.3 Å². The lowest BCUT2D eigenvalue weighted by Crippen LogP contribution is -2.66. The number of hydrogen-bond acceptors (Lipinski definition) is 4. The van der Waals surface area contributed by atoms with Gasteiger partial charge >= 0.3 is 6.41 Å². The van der Waals surface area contributed by atoms with Crippen LogP contribution in [-0.4, -0.2) is 34.6 Å². The Morgan fingerprint density at radius 2 is 1.83 bits per heavy atom. The molecule has 6 heteroatoms. The van der Waals surface area contributed by atoms with Crippen LogP contribution >= 0.6 is 0 Å². The maximum atomic E-state index is 13.4. The molecule has 0 aliphatic heterocycles. The number of amides is 2. The van der Waals surface area contributed by atoms with Crippen molar-refractivity contribution in [1.82, 2.24) is 5.32 Å². The van der Waals surface area contributed by atoms with Gasteiger partial charge in [0.1, 0.15) is 11.6 Å². The minimum Gasteiger partial charge on any atom is -0.347 e. The smallest absolute Gasteiger partial charge is 0.334 e. The second-order valence-corrected chi connectivity index (χ2v) is 9.38. The first kappa shape index (κ1) is 25.8. The van der Waals surface area contributed by atoms with Crippen molar-refractivity contribution in [2.24, 2.45) is 5.92 Å². The van der Waals surface area contributed by atoms with E-state index in [-0.39, 0.29) is 22.5 Å². The number of quaternary nitrogens is 1. The minimum absolute atomic E-state index is 0.156. The summed E-state index contributed by atoms with van der Waals surface area (Å²) < 4.78 is -0.339. The molecule has 0 aromatic heterocycles. The Morgan fingerprint density at radius 3 is 2.27 bits per heavy atom. The summed E-state index contributed by atoms with van der Waals surface area (Å²) in [7, 11) is 0. The van der Waals surface area contributed by atoms with Crippen LogP contribution < -0.4 is 5.32 Å². The number of carbonyl (C=O) groups is 2. The fourth-order valence-corrected chi connectivity index (χ4v) is 3.66. The number of nitrogens with one attached hydrogen (secondary N) is 1. The standard InChI is InChI=1S/C24H37N3O3/c1-8-9-19(4)27(17-28,30-24(5,6)7)22(14-18(2)3)23(29)26-16-21-12-10-20(15-25)11-13-21/h10-13,17-19,22H,8-9,14,16H2,1-7H3/p+1/t19-,22-,27?/m0/s1. The molecule has 2 amide bonds. The van der Waals surface area contributed by atoms with Crippen molar-refractivity contribution in [2.45, 2.75) is 92.0 Å². The topological polar surface area (TPSA) is 79.2 Å². The first-order valence-electron chi connectivity index (χ1n) is 10.8. The molecule has 0 spiro atoms. The highest BCUT2D eigenvalue weighted by atomic mass is 16.7. The minimum atomic E-state index is -0.651. The van der Waals surface area contributed by atoms with E-state index in [0.717, 1.165) is 24.8 Å². The fourth-order valence-electron chi connectivity index (χ4n) is 3.66. The molecule has 0 saturated heterocycles. The molecule has 0 fully saturated rings. The average Bonchev–Trinajstić information content (AvgIpc) is 2.68. The van der Waals surface area contributed by atoms with Crippen molar-refractivity contribution in [3.8, 4) is 6.07 Å². The molecular weight excluding hydrogens is 378 g/mol. The van der Waals surface area contributed by atoms with E-state index in [1.54, 1.807) is 12.1 Å². The number of benzene rings is 1. The monoisotopic (exact) mass is 416 g/mol. The largest absolute Gasteiger partial charge is 0.347 e. The normalized spacial score (nSPS) is 15.7. The predicted octanol–water partition coefficient (Wildman–Crippen LogP) is 4.48. The summed E-state index contributed by atoms with van der Waals surface area (Å²) >= 11 is 0. The Hall–Kier alpha value is -2.23. The van der Waals surface area contributed by atoms with Crippen LogP contribution in [-0.2, 0) is 21.0 Å². The van der Waals surface area contributed by atoms with E-state index in [1.165, 1.54) is 0 Å². The maximum Gasteiger partial charge on any atom is 0.334 e. The molecular formula is C24H38N3O3+. The first-order valence-corrected chi connectivity index (χ1v) is 10.8. The third-order valence-corrected chi connectivity index (χ3v) is 5.03. The van der Waals surface area contributed by atoms with Crippen LogP contribution in [0.2, 0.25) is 0 Å². The van der Waals surface area contributed by atoms with E-state index in [4.69, 9.17) is 10.1 Å². The van der Waals surface area contributed by atoms with E-state index in [9.17, 15) is 9.59 Å². The Bertz CT molecular complexity index is 732. The van der Waals surface area contributed by atoms with Gasteiger partial charge in [0, 0.05) is 19.4 Å². The quantitative estimate of drug-likeness (QED) is 0.328. The zero-order valence-electron chi connectivity index (χ0n) is 19.6. The molecule has 30 heavy (non-hydrogen) atoms. The first-order chi connectivity index (χ1) is 14.0. The van der Waals surface area contributed by atoms with Gasteiger partial charge in [0.15, 0.2) is 0 Å². The van der Waals surface area contributed by atoms with Crippen molar-refractivity contribution in [3.05, 3.63) is 35.4 Å². The van der Waals surface area contributed by atoms with Crippen LogP contribution in [0.3, 0.4) is 0 Å². The SMILES string of the molecule is CCC[C@H](C)[N+](C=O)(OC(C)(C)C)[C@@H](CC(C)C)C(=O)NCc1ccc(C#N)cc1. The van der Waals surface area contributed by atoms with Crippen molar-refractivity contribution < 1.29 is 19.1 Å². The number of hydroxylamine groups is 3. The van der Waals surface area contributed by atoms with Gasteiger partial charge in [-0.25, -0.2) is 4.79 Å². The van der Waals surface area contributed by atoms with Gasteiger partial charge in [-0.05, 0) is 51.3 Å². The number of carbonyl (C=O) groups excluding carboxylic acids is 2. The molecule has 0 aliphatic rings. The average molecular weight is 417 g/mol. The number of nitrogens with zero attached hydrogens (tertiary/aromatic N) is 2. The summed E-state index contributed by atoms with van der Waals surface area (Å²) in [5.74, 6) is 0.0119. The maximum absolute atomic E-state index is 13.4. The Balaban J connectivity index is 3.22. The molecule has 1 rings (SSSR count). The highest BCUT2D eigenvalue weighted by molar-refractivity contribution is 5.81. The lowest BCUT2D eigenvalue weighted by atomic mass is 9.98. The Kier molecular flexibility index (Phi) is 9.67. The van der Waals surface area contributed by atoms with Crippen molar-refractivity contribution in [3.63, 3.8) is 0 Å². The van der Waals surface area contributed by atoms with Gasteiger partial charge < -0.3 is 5.32 Å². The van der Waals surface area contributed by atoms with Crippen LogP contribution in [0.5, 0.6) is 0 Å². The van der Waals surface area contributed by atoms with Gasteiger partial charge in [-0.3, -0.25) is 4.79 Å². The molecule has 0 radical (unpaired) electrons. The van der Waals surface area contributed by atoms with Crippen molar-refractivity contribution in [2.75, 3.05) is 0 Å². The molecule has 6 nitrogen and oxygen atoms in total. The summed E-state index contributed by atoms with van der Waals surface area (Å²) in [6.07, 6.45) is 3.00. The molecule has 0 saturated carbocycles. The molecule has 1 unspecified atom stereocenters. The molecule has 1 aromatic carbocycles. The summed E-state index contributed by atoms with van der Waals surface area (Å²) in [5.41, 5.74) is 0.880. The Morgan fingerprint density at radius 1 is 1.23 bits per heavy atom. The molecule has 1 N–H and O–H groups in total. The van der Waals surface area contributed by atoms with E-state index >= 15 is 0 Å². The van der Waals surface area contributed by atoms with Crippen LogP contribution in [0, 0.1) is 17.2 Å². The summed E-state index contributed by atoms with van der Waals surface area (Å²) in [6.45, 7) is 14.2. The van der Waals surface area contributed by atoms with Gasteiger partial charge in [0.05, 0.1) is 11.6 Å². The fraction of sp³-hybridized carbons (Fsp3) is 0.625. The second kappa shape index (κ2) is 11.2. The highest BCUT2D eigenvalue weighted by Crippen LogP contribution is 2.30. The predicted molar refractivity (Wildman–Crippen MR) is 118 cm³/mol. The van der Waals surface area contributed by atoms with Crippen molar-refractivity contribution >= 4 is 12.3 Å². The van der Waals surface area contributed by atoms with Crippen LogP contribution in [0.25, 0.3) is 0 Å².